The second-order valence-corrected chi connectivity index (χ2v) is 8.44. The minimum absolute atomic E-state index is 0.192. The number of aromatic amines is 1. The number of amides is 1. The van der Waals surface area contributed by atoms with Crippen LogP contribution >= 0.6 is 11.3 Å². The van der Waals surface area contributed by atoms with E-state index in [0.29, 0.717) is 6.42 Å². The Hall–Kier alpha value is -2.25. The van der Waals surface area contributed by atoms with Crippen molar-refractivity contribution in [1.29, 1.82) is 0 Å². The molecule has 0 aliphatic carbocycles. The van der Waals surface area contributed by atoms with Crippen LogP contribution in [0.15, 0.2) is 18.2 Å². The molecule has 0 atom stereocenters. The smallest absolute Gasteiger partial charge is 0.227 e. The van der Waals surface area contributed by atoms with E-state index in [-0.39, 0.29) is 5.91 Å². The van der Waals surface area contributed by atoms with Crippen molar-refractivity contribution in [3.63, 3.8) is 0 Å². The van der Waals surface area contributed by atoms with E-state index in [0.717, 1.165) is 60.2 Å². The third-order valence-corrected chi connectivity index (χ3v) is 6.30. The van der Waals surface area contributed by atoms with E-state index in [1.54, 1.807) is 11.3 Å². The summed E-state index contributed by atoms with van der Waals surface area (Å²) in [6.07, 6.45) is 0.436. The van der Waals surface area contributed by atoms with Crippen molar-refractivity contribution < 1.29 is 4.79 Å². The van der Waals surface area contributed by atoms with Gasteiger partial charge in [-0.1, -0.05) is 6.07 Å². The maximum atomic E-state index is 12.6. The van der Waals surface area contributed by atoms with Gasteiger partial charge in [0.25, 0.3) is 0 Å². The molecule has 1 aromatic carbocycles. The molecular formula is C20H25N5OS. The molecule has 3 aromatic rings. The average molecular weight is 384 g/mol. The van der Waals surface area contributed by atoms with Gasteiger partial charge in [-0.3, -0.25) is 14.8 Å². The summed E-state index contributed by atoms with van der Waals surface area (Å²) in [5.41, 5.74) is 5.28. The molecule has 0 bridgehead atoms. The number of carbonyl (C=O) groups excluding carboxylic acids is 1. The summed E-state index contributed by atoms with van der Waals surface area (Å²) in [5, 5.41) is 8.30. The Labute approximate surface area is 163 Å². The molecule has 0 spiro atoms. The van der Waals surface area contributed by atoms with E-state index in [4.69, 9.17) is 4.98 Å². The monoisotopic (exact) mass is 383 g/mol. The number of fused-ring (bicyclic) bond motifs is 1. The van der Waals surface area contributed by atoms with Crippen molar-refractivity contribution in [1.82, 2.24) is 25.0 Å². The predicted molar refractivity (Wildman–Crippen MR) is 108 cm³/mol. The van der Waals surface area contributed by atoms with Gasteiger partial charge in [0, 0.05) is 37.4 Å². The van der Waals surface area contributed by atoms with Crippen molar-refractivity contribution in [2.24, 2.45) is 0 Å². The van der Waals surface area contributed by atoms with Crippen LogP contribution in [0.1, 0.15) is 27.5 Å². The summed E-state index contributed by atoms with van der Waals surface area (Å²) >= 11 is 1.77. The highest BCUT2D eigenvalue weighted by molar-refractivity contribution is 7.18. The van der Waals surface area contributed by atoms with Crippen LogP contribution in [0.2, 0.25) is 0 Å². The number of hydrogen-bond donors (Lipinski definition) is 1. The summed E-state index contributed by atoms with van der Waals surface area (Å²) in [4.78, 5) is 21.8. The molecule has 1 N–H and O–H groups in total. The minimum atomic E-state index is 0.192. The zero-order chi connectivity index (χ0) is 19.0. The number of H-pyrrole nitrogens is 1. The molecule has 2 aromatic heterocycles. The van der Waals surface area contributed by atoms with Gasteiger partial charge in [0.05, 0.1) is 28.9 Å². The number of nitrogens with zero attached hydrogens (tertiary/aromatic N) is 4. The van der Waals surface area contributed by atoms with Crippen LogP contribution < -0.4 is 0 Å². The third kappa shape index (κ3) is 3.89. The Morgan fingerprint density at radius 1 is 1.19 bits per heavy atom. The summed E-state index contributed by atoms with van der Waals surface area (Å²) in [6, 6.07) is 6.44. The highest BCUT2D eigenvalue weighted by Crippen LogP contribution is 2.24. The lowest BCUT2D eigenvalue weighted by atomic mass is 10.1. The molecule has 1 fully saturated rings. The molecule has 0 radical (unpaired) electrons. The normalized spacial score (nSPS) is 15.6. The van der Waals surface area contributed by atoms with E-state index in [1.165, 1.54) is 10.3 Å². The van der Waals surface area contributed by atoms with Gasteiger partial charge in [-0.05, 0) is 38.5 Å². The molecule has 1 aliphatic rings. The number of aryl methyl sites for hydroxylation is 3. The van der Waals surface area contributed by atoms with Crippen LogP contribution in [0.25, 0.3) is 10.2 Å². The topological polar surface area (TPSA) is 65.1 Å². The lowest BCUT2D eigenvalue weighted by Crippen LogP contribution is -2.48. The summed E-state index contributed by atoms with van der Waals surface area (Å²) in [7, 11) is 0. The number of rotatable bonds is 4. The molecule has 142 valence electrons. The second-order valence-electron chi connectivity index (χ2n) is 7.33. The van der Waals surface area contributed by atoms with Crippen molar-refractivity contribution in [3.8, 4) is 0 Å². The molecule has 1 aliphatic heterocycles. The molecule has 6 nitrogen and oxygen atoms in total. The van der Waals surface area contributed by atoms with E-state index in [1.807, 2.05) is 18.7 Å². The lowest BCUT2D eigenvalue weighted by Gasteiger charge is -2.34. The molecule has 1 amide bonds. The van der Waals surface area contributed by atoms with Crippen molar-refractivity contribution >= 4 is 27.5 Å². The van der Waals surface area contributed by atoms with Gasteiger partial charge in [-0.2, -0.15) is 5.10 Å². The van der Waals surface area contributed by atoms with Gasteiger partial charge in [0.15, 0.2) is 0 Å². The number of nitrogens with one attached hydrogen (secondary N) is 1. The zero-order valence-corrected chi connectivity index (χ0v) is 16.9. The molecule has 4 rings (SSSR count). The van der Waals surface area contributed by atoms with Gasteiger partial charge in [0.1, 0.15) is 5.01 Å². The first-order chi connectivity index (χ1) is 13.0. The van der Waals surface area contributed by atoms with Crippen molar-refractivity contribution in [2.75, 3.05) is 26.2 Å². The summed E-state index contributed by atoms with van der Waals surface area (Å²) in [6.45, 7) is 10.2. The number of hydrogen-bond acceptors (Lipinski definition) is 5. The fourth-order valence-corrected chi connectivity index (χ4v) is 4.59. The van der Waals surface area contributed by atoms with Gasteiger partial charge >= 0.3 is 0 Å². The van der Waals surface area contributed by atoms with Crippen molar-refractivity contribution in [2.45, 2.75) is 33.7 Å². The largest absolute Gasteiger partial charge is 0.340 e. The Bertz CT molecular complexity index is 949. The van der Waals surface area contributed by atoms with Crippen LogP contribution in [0.4, 0.5) is 0 Å². The van der Waals surface area contributed by atoms with Crippen LogP contribution in [0.5, 0.6) is 0 Å². The lowest BCUT2D eigenvalue weighted by molar-refractivity contribution is -0.132. The SMILES string of the molecule is Cc1ccc2sc(CN3CCN(C(=O)Cc4c(C)n[nH]c4C)CC3)nc2c1. The van der Waals surface area contributed by atoms with Crippen molar-refractivity contribution in [3.05, 3.63) is 45.7 Å². The first kappa shape index (κ1) is 18.1. The second kappa shape index (κ2) is 7.40. The quantitative estimate of drug-likeness (QED) is 0.752. The average Bonchev–Trinajstić information content (AvgIpc) is 3.19. The van der Waals surface area contributed by atoms with Crippen LogP contribution in [-0.4, -0.2) is 57.1 Å². The maximum Gasteiger partial charge on any atom is 0.227 e. The van der Waals surface area contributed by atoms with E-state index in [9.17, 15) is 4.79 Å². The Balaban J connectivity index is 1.33. The fourth-order valence-electron chi connectivity index (χ4n) is 3.60. The molecule has 7 heteroatoms. The summed E-state index contributed by atoms with van der Waals surface area (Å²) in [5.74, 6) is 0.192. The van der Waals surface area contributed by atoms with Crippen LogP contribution in [0, 0.1) is 20.8 Å². The van der Waals surface area contributed by atoms with Gasteiger partial charge in [0.2, 0.25) is 5.91 Å². The first-order valence-corrected chi connectivity index (χ1v) is 10.2. The number of benzene rings is 1. The maximum absolute atomic E-state index is 12.6. The Morgan fingerprint density at radius 3 is 2.67 bits per heavy atom. The number of aromatic nitrogens is 3. The number of piperazine rings is 1. The molecule has 3 heterocycles. The highest BCUT2D eigenvalue weighted by atomic mass is 32.1. The zero-order valence-electron chi connectivity index (χ0n) is 16.1. The highest BCUT2D eigenvalue weighted by Gasteiger charge is 2.23. The molecule has 0 unspecified atom stereocenters. The molecule has 0 saturated carbocycles. The van der Waals surface area contributed by atoms with E-state index in [2.05, 4.69) is 40.2 Å². The summed E-state index contributed by atoms with van der Waals surface area (Å²) < 4.78 is 1.25. The first-order valence-electron chi connectivity index (χ1n) is 9.36. The van der Waals surface area contributed by atoms with Gasteiger partial charge in [-0.15, -0.1) is 11.3 Å². The Morgan fingerprint density at radius 2 is 1.96 bits per heavy atom. The van der Waals surface area contributed by atoms with Gasteiger partial charge < -0.3 is 4.90 Å². The van der Waals surface area contributed by atoms with Crippen LogP contribution in [-0.2, 0) is 17.8 Å². The van der Waals surface area contributed by atoms with Gasteiger partial charge in [-0.25, -0.2) is 4.98 Å². The Kier molecular flexibility index (Phi) is 4.97. The third-order valence-electron chi connectivity index (χ3n) is 5.28. The fraction of sp³-hybridized carbons (Fsp3) is 0.450. The minimum Gasteiger partial charge on any atom is -0.340 e. The molecular weight excluding hydrogens is 358 g/mol. The molecule has 1 saturated heterocycles. The molecule has 27 heavy (non-hydrogen) atoms. The van der Waals surface area contributed by atoms with E-state index < -0.39 is 0 Å². The number of carbonyl (C=O) groups is 1. The number of thiazole rings is 1. The standard InChI is InChI=1S/C20H25N5OS/c1-13-4-5-18-17(10-13)21-19(27-18)12-24-6-8-25(9-7-24)20(26)11-16-14(2)22-23-15(16)3/h4-5,10H,6-9,11-12H2,1-3H3,(H,22,23). The predicted octanol–water partition coefficient (Wildman–Crippen LogP) is 2.83. The van der Waals surface area contributed by atoms with E-state index >= 15 is 0 Å². The van der Waals surface area contributed by atoms with Crippen LogP contribution in [0.3, 0.4) is 0 Å².